The zero-order chi connectivity index (χ0) is 13.1. The molecule has 0 radical (unpaired) electrons. The first-order chi connectivity index (χ1) is 8.10. The normalized spacial score (nSPS) is 13.3. The first-order valence-electron chi connectivity index (χ1n) is 8.10. The van der Waals surface area contributed by atoms with E-state index in [9.17, 15) is 0 Å². The Bertz CT molecular complexity index is 147. The van der Waals surface area contributed by atoms with Gasteiger partial charge in [0.15, 0.2) is 0 Å². The average molecular weight is 277 g/mol. The molecule has 0 spiro atoms. The average Bonchev–Trinajstić information content (AvgIpc) is 2.30. The standard InChI is InChI=1S/C15H37PSi/c1-6-9-12-16(13-10-7-2,14-11-8-3)15-17(4)5/h16-17H,6-15H2,1-5H3. The van der Waals surface area contributed by atoms with Crippen LogP contribution in [-0.4, -0.2) is 33.1 Å². The summed E-state index contributed by atoms with van der Waals surface area (Å²) in [6.45, 7) is 12.2. The first-order valence-corrected chi connectivity index (χ1v) is 14.1. The van der Waals surface area contributed by atoms with Crippen molar-refractivity contribution in [2.24, 2.45) is 0 Å². The third kappa shape index (κ3) is 8.38. The topological polar surface area (TPSA) is 0 Å². The summed E-state index contributed by atoms with van der Waals surface area (Å²) in [5, 5.41) is 0. The van der Waals surface area contributed by atoms with Gasteiger partial charge in [-0.05, 0) is 0 Å². The van der Waals surface area contributed by atoms with Gasteiger partial charge in [-0.25, -0.2) is 0 Å². The summed E-state index contributed by atoms with van der Waals surface area (Å²) in [5.74, 6) is 1.73. The molecule has 0 aliphatic heterocycles. The number of unbranched alkanes of at least 4 members (excludes halogenated alkanes) is 3. The van der Waals surface area contributed by atoms with Crippen molar-refractivity contribution in [1.29, 1.82) is 0 Å². The second kappa shape index (κ2) is 10.6. The second-order valence-electron chi connectivity index (χ2n) is 6.41. The van der Waals surface area contributed by atoms with Crippen molar-refractivity contribution in [3.63, 3.8) is 0 Å². The van der Waals surface area contributed by atoms with Crippen molar-refractivity contribution in [2.75, 3.05) is 24.3 Å². The number of hydrogen-bond donors (Lipinski definition) is 0. The molecule has 0 atom stereocenters. The van der Waals surface area contributed by atoms with Gasteiger partial charge in [-0.2, -0.15) is 0 Å². The first kappa shape index (κ1) is 17.6. The van der Waals surface area contributed by atoms with Crippen LogP contribution in [0.2, 0.25) is 13.1 Å². The van der Waals surface area contributed by atoms with Crippen LogP contribution in [0.3, 0.4) is 0 Å². The minimum atomic E-state index is -0.860. The molecule has 0 aromatic carbocycles. The van der Waals surface area contributed by atoms with Crippen molar-refractivity contribution in [3.8, 4) is 0 Å². The second-order valence-corrected chi connectivity index (χ2v) is 15.3. The summed E-state index contributed by atoms with van der Waals surface area (Å²) in [5.41, 5.74) is 0. The molecule has 0 saturated carbocycles. The molecular formula is C15H37PSi. The molecule has 106 valence electrons. The SMILES string of the molecule is CCCC[PH](CCCC)(CCCC)C[SiH](C)C. The Labute approximate surface area is 113 Å². The summed E-state index contributed by atoms with van der Waals surface area (Å²) in [6, 6.07) is 0. The Kier molecular flexibility index (Phi) is 11.0. The van der Waals surface area contributed by atoms with E-state index in [-0.39, 0.29) is 8.80 Å². The molecule has 17 heavy (non-hydrogen) atoms. The van der Waals surface area contributed by atoms with Gasteiger partial charge in [0.2, 0.25) is 0 Å². The van der Waals surface area contributed by atoms with Crippen LogP contribution in [0.25, 0.3) is 0 Å². The molecule has 0 aromatic heterocycles. The van der Waals surface area contributed by atoms with Crippen molar-refractivity contribution in [1.82, 2.24) is 0 Å². The van der Waals surface area contributed by atoms with Gasteiger partial charge in [0.25, 0.3) is 0 Å². The third-order valence-corrected chi connectivity index (χ3v) is 15.0. The molecule has 0 nitrogen and oxygen atoms in total. The Morgan fingerprint density at radius 2 is 1.06 bits per heavy atom. The van der Waals surface area contributed by atoms with Gasteiger partial charge in [0, 0.05) is 0 Å². The van der Waals surface area contributed by atoms with Gasteiger partial charge < -0.3 is 0 Å². The number of hydrogen-bond acceptors (Lipinski definition) is 0. The molecule has 0 N–H and O–H groups in total. The summed E-state index contributed by atoms with van der Waals surface area (Å²) in [4.78, 5) is 0. The van der Waals surface area contributed by atoms with Crippen LogP contribution in [-0.2, 0) is 0 Å². The molecule has 0 saturated heterocycles. The Morgan fingerprint density at radius 1 is 0.706 bits per heavy atom. The monoisotopic (exact) mass is 276 g/mol. The van der Waals surface area contributed by atoms with Gasteiger partial charge in [-0.3, -0.25) is 0 Å². The van der Waals surface area contributed by atoms with Crippen LogP contribution in [0.15, 0.2) is 0 Å². The van der Waals surface area contributed by atoms with E-state index >= 15 is 0 Å². The van der Waals surface area contributed by atoms with Gasteiger partial charge in [-0.15, -0.1) is 0 Å². The maximum absolute atomic E-state index is 2.57. The van der Waals surface area contributed by atoms with Crippen LogP contribution in [0.5, 0.6) is 0 Å². The Morgan fingerprint density at radius 3 is 1.29 bits per heavy atom. The summed E-state index contributed by atoms with van der Waals surface area (Å²) in [7, 11) is -1.22. The van der Waals surface area contributed by atoms with Gasteiger partial charge in [-0.1, -0.05) is 0 Å². The molecule has 0 fully saturated rings. The number of rotatable bonds is 11. The fourth-order valence-corrected chi connectivity index (χ4v) is 16.6. The Balaban J connectivity index is 4.51. The summed E-state index contributed by atoms with van der Waals surface area (Å²) in [6.07, 6.45) is 13.7. The van der Waals surface area contributed by atoms with E-state index in [1.54, 1.807) is 24.3 Å². The van der Waals surface area contributed by atoms with Crippen LogP contribution < -0.4 is 0 Å². The summed E-state index contributed by atoms with van der Waals surface area (Å²) < 4.78 is 0. The van der Waals surface area contributed by atoms with E-state index < -0.39 is 7.26 Å². The molecule has 0 aliphatic rings. The van der Waals surface area contributed by atoms with E-state index in [1.165, 1.54) is 38.5 Å². The molecule has 0 aliphatic carbocycles. The molecular weight excluding hydrogens is 239 g/mol. The van der Waals surface area contributed by atoms with E-state index in [4.69, 9.17) is 0 Å². The van der Waals surface area contributed by atoms with Crippen molar-refractivity contribution < 1.29 is 0 Å². The van der Waals surface area contributed by atoms with Crippen molar-refractivity contribution in [2.45, 2.75) is 72.4 Å². The fraction of sp³-hybridized carbons (Fsp3) is 1.00. The zero-order valence-electron chi connectivity index (χ0n) is 13.1. The van der Waals surface area contributed by atoms with E-state index in [1.807, 2.05) is 0 Å². The van der Waals surface area contributed by atoms with E-state index in [0.717, 1.165) is 0 Å². The van der Waals surface area contributed by atoms with Crippen LogP contribution in [0.1, 0.15) is 59.3 Å². The van der Waals surface area contributed by atoms with E-state index in [2.05, 4.69) is 33.9 Å². The van der Waals surface area contributed by atoms with Crippen molar-refractivity contribution in [3.05, 3.63) is 0 Å². The molecule has 0 aromatic rings. The molecule has 0 rings (SSSR count). The summed E-state index contributed by atoms with van der Waals surface area (Å²) >= 11 is 0. The predicted octanol–water partition coefficient (Wildman–Crippen LogP) is 5.16. The van der Waals surface area contributed by atoms with Crippen LogP contribution in [0.4, 0.5) is 0 Å². The third-order valence-electron chi connectivity index (χ3n) is 4.02. The quantitative estimate of drug-likeness (QED) is 0.361. The Hall–Kier alpha value is 0.647. The van der Waals surface area contributed by atoms with Crippen molar-refractivity contribution >= 4 is 16.1 Å². The molecule has 0 amide bonds. The predicted molar refractivity (Wildman–Crippen MR) is 91.4 cm³/mol. The zero-order valence-corrected chi connectivity index (χ0v) is 15.3. The minimum absolute atomic E-state index is 0.362. The molecule has 2 heteroatoms. The maximum atomic E-state index is 2.57. The van der Waals surface area contributed by atoms with Gasteiger partial charge in [0.05, 0.1) is 0 Å². The molecule has 0 heterocycles. The molecule has 0 unspecified atom stereocenters. The van der Waals surface area contributed by atoms with Gasteiger partial charge in [0.1, 0.15) is 0 Å². The van der Waals surface area contributed by atoms with E-state index in [0.29, 0.717) is 0 Å². The van der Waals surface area contributed by atoms with Crippen LogP contribution >= 0.6 is 7.26 Å². The fourth-order valence-electron chi connectivity index (χ4n) is 3.20. The molecule has 0 bridgehead atoms. The van der Waals surface area contributed by atoms with Crippen LogP contribution in [0, 0.1) is 0 Å². The van der Waals surface area contributed by atoms with Gasteiger partial charge >= 0.3 is 113 Å².